The summed E-state index contributed by atoms with van der Waals surface area (Å²) >= 11 is 0. The van der Waals surface area contributed by atoms with Crippen LogP contribution in [0.4, 0.5) is 0 Å². The molecule has 0 radical (unpaired) electrons. The summed E-state index contributed by atoms with van der Waals surface area (Å²) in [5.41, 5.74) is 1.83. The van der Waals surface area contributed by atoms with Gasteiger partial charge in [0, 0.05) is 21.3 Å². The molecule has 0 fully saturated rings. The van der Waals surface area contributed by atoms with E-state index in [4.69, 9.17) is 13.3 Å². The predicted octanol–water partition coefficient (Wildman–Crippen LogP) is 1.54. The summed E-state index contributed by atoms with van der Waals surface area (Å²) in [6, 6.07) is 0. The van der Waals surface area contributed by atoms with Gasteiger partial charge in [-0.2, -0.15) is 0 Å². The van der Waals surface area contributed by atoms with Gasteiger partial charge in [0.1, 0.15) is 0 Å². The smallest absolute Gasteiger partial charge is 0.374 e. The van der Waals surface area contributed by atoms with Gasteiger partial charge in [0.05, 0.1) is 0 Å². The normalized spacial score (nSPS) is 13.3. The molecule has 0 heterocycles. The Kier molecular flexibility index (Phi) is 5.92. The summed E-state index contributed by atoms with van der Waals surface area (Å²) in [6.45, 7) is 1.94. The fourth-order valence-electron chi connectivity index (χ4n) is 0.739. The Morgan fingerprint density at radius 3 is 1.75 bits per heavy atom. The van der Waals surface area contributed by atoms with Gasteiger partial charge >= 0.3 is 8.80 Å². The highest BCUT2D eigenvalue weighted by Crippen LogP contribution is 2.07. The fraction of sp³-hybridized carbons (Fsp3) is 0.500. The van der Waals surface area contributed by atoms with Crippen LogP contribution in [0.3, 0.4) is 0 Å². The third kappa shape index (κ3) is 3.32. The molecule has 0 aliphatic rings. The van der Waals surface area contributed by atoms with Crippen molar-refractivity contribution < 1.29 is 13.3 Å². The lowest BCUT2D eigenvalue weighted by molar-refractivity contribution is 0.138. The van der Waals surface area contributed by atoms with Crippen molar-refractivity contribution in [3.05, 3.63) is 23.9 Å². The summed E-state index contributed by atoms with van der Waals surface area (Å²) in [5.74, 6) is 0. The molecule has 0 saturated heterocycles. The molecule has 0 N–H and O–H groups in total. The van der Waals surface area contributed by atoms with Crippen LogP contribution in [0.1, 0.15) is 6.92 Å². The van der Waals surface area contributed by atoms with Gasteiger partial charge in [0.2, 0.25) is 0 Å². The van der Waals surface area contributed by atoms with Gasteiger partial charge in [-0.3, -0.25) is 0 Å². The third-order valence-electron chi connectivity index (χ3n) is 1.46. The van der Waals surface area contributed by atoms with Crippen molar-refractivity contribution in [2.45, 2.75) is 6.92 Å². The van der Waals surface area contributed by atoms with Crippen molar-refractivity contribution in [3.63, 3.8) is 0 Å². The molecule has 0 aromatic heterocycles. The minimum Gasteiger partial charge on any atom is -0.374 e. The van der Waals surface area contributed by atoms with Crippen LogP contribution in [0, 0.1) is 0 Å². The van der Waals surface area contributed by atoms with Crippen LogP contribution in [-0.2, 0) is 13.3 Å². The first-order chi connectivity index (χ1) is 5.74. The molecule has 0 amide bonds. The van der Waals surface area contributed by atoms with E-state index >= 15 is 0 Å². The zero-order chi connectivity index (χ0) is 9.45. The zero-order valence-corrected chi connectivity index (χ0v) is 9.03. The summed E-state index contributed by atoms with van der Waals surface area (Å²) < 4.78 is 15.5. The van der Waals surface area contributed by atoms with Crippen LogP contribution in [0.15, 0.2) is 23.9 Å². The molecule has 0 unspecified atom stereocenters. The number of hydrogen-bond acceptors (Lipinski definition) is 3. The number of rotatable bonds is 5. The molecular weight excluding hydrogens is 172 g/mol. The van der Waals surface area contributed by atoms with Crippen molar-refractivity contribution >= 4 is 8.80 Å². The average Bonchev–Trinajstić information content (AvgIpc) is 2.14. The van der Waals surface area contributed by atoms with Crippen molar-refractivity contribution in [2.75, 3.05) is 21.3 Å². The van der Waals surface area contributed by atoms with Crippen LogP contribution >= 0.6 is 0 Å². The Bertz CT molecular complexity index is 153. The lowest BCUT2D eigenvalue weighted by Gasteiger charge is -2.19. The maximum absolute atomic E-state index is 5.16. The van der Waals surface area contributed by atoms with Crippen molar-refractivity contribution in [1.29, 1.82) is 0 Å². The van der Waals surface area contributed by atoms with Crippen LogP contribution in [0.2, 0.25) is 0 Å². The van der Waals surface area contributed by atoms with Gasteiger partial charge in [-0.15, -0.1) is 0 Å². The molecule has 0 bridgehead atoms. The molecule has 0 aliphatic carbocycles. The second-order valence-electron chi connectivity index (χ2n) is 2.10. The topological polar surface area (TPSA) is 27.7 Å². The summed E-state index contributed by atoms with van der Waals surface area (Å²) in [4.78, 5) is 0. The van der Waals surface area contributed by atoms with Crippen molar-refractivity contribution in [3.8, 4) is 0 Å². The number of allylic oxidation sites excluding steroid dienone is 3. The molecule has 0 aromatic carbocycles. The maximum atomic E-state index is 5.16. The van der Waals surface area contributed by atoms with Crippen LogP contribution in [0.5, 0.6) is 0 Å². The van der Waals surface area contributed by atoms with E-state index in [0.717, 1.165) is 0 Å². The monoisotopic (exact) mass is 188 g/mol. The largest absolute Gasteiger partial charge is 0.528 e. The quantitative estimate of drug-likeness (QED) is 0.484. The third-order valence-corrected chi connectivity index (χ3v) is 3.77. The highest BCUT2D eigenvalue weighted by atomic mass is 28.4. The van der Waals surface area contributed by atoms with E-state index < -0.39 is 8.80 Å². The first-order valence-electron chi connectivity index (χ1n) is 3.70. The lowest BCUT2D eigenvalue weighted by atomic mass is 10.5. The van der Waals surface area contributed by atoms with Crippen LogP contribution in [0.25, 0.3) is 0 Å². The van der Waals surface area contributed by atoms with Crippen LogP contribution < -0.4 is 0 Å². The molecule has 70 valence electrons. The van der Waals surface area contributed by atoms with Gasteiger partial charge < -0.3 is 13.3 Å². The minimum absolute atomic E-state index is 1.58. The van der Waals surface area contributed by atoms with Gasteiger partial charge in [0.15, 0.2) is 0 Å². The molecule has 0 rings (SSSR count). The molecule has 12 heavy (non-hydrogen) atoms. The maximum Gasteiger partial charge on any atom is 0.528 e. The Labute approximate surface area is 75.0 Å². The van der Waals surface area contributed by atoms with E-state index in [2.05, 4.69) is 0 Å². The Morgan fingerprint density at radius 1 is 0.917 bits per heavy atom. The summed E-state index contributed by atoms with van der Waals surface area (Å²) in [5, 5.41) is 0. The predicted molar refractivity (Wildman–Crippen MR) is 50.7 cm³/mol. The van der Waals surface area contributed by atoms with Crippen LogP contribution in [-0.4, -0.2) is 30.1 Å². The first kappa shape index (κ1) is 11.6. The Balaban J connectivity index is 4.28. The van der Waals surface area contributed by atoms with Crippen molar-refractivity contribution in [1.82, 2.24) is 0 Å². The van der Waals surface area contributed by atoms with E-state index in [1.165, 1.54) is 0 Å². The Hall–Kier alpha value is -0.423. The number of hydrogen-bond donors (Lipinski definition) is 0. The van der Waals surface area contributed by atoms with Gasteiger partial charge in [-0.25, -0.2) is 0 Å². The van der Waals surface area contributed by atoms with Gasteiger partial charge in [-0.1, -0.05) is 18.2 Å². The summed E-state index contributed by atoms with van der Waals surface area (Å²) in [7, 11) is 2.26. The highest BCUT2D eigenvalue weighted by Gasteiger charge is 2.33. The molecule has 3 nitrogen and oxygen atoms in total. The molecule has 0 atom stereocenters. The molecule has 0 aliphatic heterocycles. The van der Waals surface area contributed by atoms with E-state index in [9.17, 15) is 0 Å². The summed E-state index contributed by atoms with van der Waals surface area (Å²) in [6.07, 6.45) is 5.69. The van der Waals surface area contributed by atoms with Crippen molar-refractivity contribution in [2.24, 2.45) is 0 Å². The van der Waals surface area contributed by atoms with Gasteiger partial charge in [-0.05, 0) is 12.6 Å². The van der Waals surface area contributed by atoms with Gasteiger partial charge in [0.25, 0.3) is 0 Å². The molecular formula is C8H16O3Si. The second kappa shape index (κ2) is 6.13. The molecule has 4 heteroatoms. The van der Waals surface area contributed by atoms with E-state index in [-0.39, 0.29) is 0 Å². The fourth-order valence-corrected chi connectivity index (χ4v) is 1.99. The standard InChI is InChI=1S/C8H16O3Si/c1-5-6-7-8-12(9-2,10-3)11-4/h5-8H,1-4H3/b6-5+,8-7+. The SMILES string of the molecule is C/C=C/C=C/[Si](OC)(OC)OC. The molecule has 0 spiro atoms. The van der Waals surface area contributed by atoms with E-state index in [1.54, 1.807) is 21.3 Å². The van der Waals surface area contributed by atoms with E-state index in [1.807, 2.05) is 30.9 Å². The zero-order valence-electron chi connectivity index (χ0n) is 8.03. The Morgan fingerprint density at radius 2 is 1.42 bits per heavy atom. The molecule has 0 saturated carbocycles. The minimum atomic E-state index is -2.49. The van der Waals surface area contributed by atoms with E-state index in [0.29, 0.717) is 0 Å². The second-order valence-corrected chi connectivity index (χ2v) is 4.87. The lowest BCUT2D eigenvalue weighted by Crippen LogP contribution is -2.40. The molecule has 0 aromatic rings. The first-order valence-corrected chi connectivity index (χ1v) is 5.51. The highest BCUT2D eigenvalue weighted by molar-refractivity contribution is 6.66. The average molecular weight is 188 g/mol.